The van der Waals surface area contributed by atoms with Gasteiger partial charge in [0.25, 0.3) is 0 Å². The maximum atomic E-state index is 10.1. The molecule has 0 aromatic heterocycles. The van der Waals surface area contributed by atoms with Gasteiger partial charge in [0.15, 0.2) is 0 Å². The van der Waals surface area contributed by atoms with E-state index in [0.29, 0.717) is 18.6 Å². The van der Waals surface area contributed by atoms with Crippen molar-refractivity contribution in [2.45, 2.75) is 71.6 Å². The first-order valence-corrected chi connectivity index (χ1v) is 7.52. The average molecular weight is 257 g/mol. The predicted molar refractivity (Wildman–Crippen MR) is 75.8 cm³/mol. The Morgan fingerprint density at radius 3 is 2.22 bits per heavy atom. The van der Waals surface area contributed by atoms with E-state index >= 15 is 0 Å². The first-order chi connectivity index (χ1) is 8.49. The van der Waals surface area contributed by atoms with E-state index in [4.69, 9.17) is 4.74 Å². The molecule has 1 fully saturated rings. The maximum Gasteiger partial charge on any atom is 0.0900 e. The summed E-state index contributed by atoms with van der Waals surface area (Å²) in [6.45, 7) is 10.8. The number of ether oxygens (including phenoxy) is 1. The lowest BCUT2D eigenvalue weighted by Gasteiger charge is -2.32. The zero-order chi connectivity index (χ0) is 13.5. The maximum absolute atomic E-state index is 10.1. The van der Waals surface area contributed by atoms with Crippen LogP contribution in [-0.4, -0.2) is 48.0 Å². The van der Waals surface area contributed by atoms with Crippen molar-refractivity contribution in [1.82, 2.24) is 4.90 Å². The average Bonchev–Trinajstić information content (AvgIpc) is 2.78. The van der Waals surface area contributed by atoms with Gasteiger partial charge in [-0.2, -0.15) is 0 Å². The van der Waals surface area contributed by atoms with Crippen LogP contribution in [0.2, 0.25) is 0 Å². The molecule has 0 heterocycles. The van der Waals surface area contributed by atoms with Gasteiger partial charge in [-0.1, -0.05) is 26.7 Å². The van der Waals surface area contributed by atoms with Crippen molar-refractivity contribution in [3.8, 4) is 0 Å². The van der Waals surface area contributed by atoms with Crippen LogP contribution in [0.1, 0.15) is 53.4 Å². The molecular formula is C15H31NO2. The summed E-state index contributed by atoms with van der Waals surface area (Å²) >= 11 is 0. The Labute approximate surface area is 113 Å². The molecule has 1 rings (SSSR count). The van der Waals surface area contributed by atoms with E-state index in [2.05, 4.69) is 18.7 Å². The molecule has 3 nitrogen and oxygen atoms in total. The van der Waals surface area contributed by atoms with Crippen molar-refractivity contribution in [1.29, 1.82) is 0 Å². The number of hydrogen-bond acceptors (Lipinski definition) is 3. The van der Waals surface area contributed by atoms with Crippen LogP contribution in [0.4, 0.5) is 0 Å². The molecule has 0 aromatic rings. The fourth-order valence-electron chi connectivity index (χ4n) is 2.74. The summed E-state index contributed by atoms with van der Waals surface area (Å²) in [5, 5.41) is 10.1. The van der Waals surface area contributed by atoms with E-state index in [-0.39, 0.29) is 12.2 Å². The molecule has 0 saturated heterocycles. The molecule has 0 amide bonds. The van der Waals surface area contributed by atoms with Gasteiger partial charge in [0.1, 0.15) is 0 Å². The number of aliphatic hydroxyl groups excluding tert-OH is 1. The van der Waals surface area contributed by atoms with Crippen LogP contribution in [0, 0.1) is 5.92 Å². The van der Waals surface area contributed by atoms with Crippen molar-refractivity contribution in [3.63, 3.8) is 0 Å². The number of nitrogens with zero attached hydrogens (tertiary/aromatic N) is 1. The van der Waals surface area contributed by atoms with Gasteiger partial charge in [-0.3, -0.25) is 4.90 Å². The van der Waals surface area contributed by atoms with Gasteiger partial charge in [-0.05, 0) is 32.6 Å². The third-order valence-electron chi connectivity index (χ3n) is 3.51. The highest BCUT2D eigenvalue weighted by Crippen LogP contribution is 2.24. The third kappa shape index (κ3) is 6.17. The molecule has 3 heteroatoms. The molecule has 1 aliphatic carbocycles. The summed E-state index contributed by atoms with van der Waals surface area (Å²) in [5.74, 6) is 0.656. The topological polar surface area (TPSA) is 32.7 Å². The zero-order valence-electron chi connectivity index (χ0n) is 12.6. The van der Waals surface area contributed by atoms with Crippen LogP contribution in [0.25, 0.3) is 0 Å². The molecular weight excluding hydrogens is 226 g/mol. The van der Waals surface area contributed by atoms with Crippen molar-refractivity contribution < 1.29 is 9.84 Å². The van der Waals surface area contributed by atoms with E-state index in [1.54, 1.807) is 0 Å². The fraction of sp³-hybridized carbons (Fsp3) is 1.00. The van der Waals surface area contributed by atoms with Crippen molar-refractivity contribution in [2.24, 2.45) is 5.92 Å². The van der Waals surface area contributed by atoms with Crippen molar-refractivity contribution >= 4 is 0 Å². The molecule has 18 heavy (non-hydrogen) atoms. The predicted octanol–water partition coefficient (Wildman–Crippen LogP) is 2.67. The third-order valence-corrected chi connectivity index (χ3v) is 3.51. The van der Waals surface area contributed by atoms with Crippen LogP contribution in [0.5, 0.6) is 0 Å². The van der Waals surface area contributed by atoms with Gasteiger partial charge in [0, 0.05) is 19.1 Å². The van der Waals surface area contributed by atoms with Crippen LogP contribution < -0.4 is 0 Å². The van der Waals surface area contributed by atoms with E-state index in [0.717, 1.165) is 13.1 Å². The summed E-state index contributed by atoms with van der Waals surface area (Å²) < 4.78 is 5.50. The standard InChI is InChI=1S/C15H31NO2/c1-12(2)9-16(14-7-5-6-8-14)10-15(17)11-18-13(3)4/h12-15,17H,5-11H2,1-4H3. The molecule has 0 aliphatic heterocycles. The first-order valence-electron chi connectivity index (χ1n) is 7.52. The molecule has 1 N–H and O–H groups in total. The lowest BCUT2D eigenvalue weighted by atomic mass is 10.1. The Kier molecular flexibility index (Phi) is 7.20. The SMILES string of the molecule is CC(C)CN(CC(O)COC(C)C)C1CCCC1. The molecule has 1 aliphatic rings. The van der Waals surface area contributed by atoms with Gasteiger partial charge in [0.05, 0.1) is 18.8 Å². The Balaban J connectivity index is 2.39. The van der Waals surface area contributed by atoms with Gasteiger partial charge in [0.2, 0.25) is 0 Å². The van der Waals surface area contributed by atoms with E-state index in [9.17, 15) is 5.11 Å². The Morgan fingerprint density at radius 1 is 1.11 bits per heavy atom. The van der Waals surface area contributed by atoms with Crippen LogP contribution in [0.3, 0.4) is 0 Å². The van der Waals surface area contributed by atoms with Crippen LogP contribution >= 0.6 is 0 Å². The first kappa shape index (κ1) is 15.9. The Hall–Kier alpha value is -0.120. The smallest absolute Gasteiger partial charge is 0.0900 e. The largest absolute Gasteiger partial charge is 0.389 e. The zero-order valence-corrected chi connectivity index (χ0v) is 12.6. The molecule has 1 saturated carbocycles. The summed E-state index contributed by atoms with van der Waals surface area (Å²) in [7, 11) is 0. The van der Waals surface area contributed by atoms with E-state index in [1.807, 2.05) is 13.8 Å². The number of hydrogen-bond donors (Lipinski definition) is 1. The fourth-order valence-corrected chi connectivity index (χ4v) is 2.74. The van der Waals surface area contributed by atoms with Gasteiger partial charge in [-0.25, -0.2) is 0 Å². The number of aliphatic hydroxyl groups is 1. The minimum Gasteiger partial charge on any atom is -0.389 e. The normalized spacial score (nSPS) is 19.3. The Morgan fingerprint density at radius 2 is 1.72 bits per heavy atom. The summed E-state index contributed by atoms with van der Waals surface area (Å²) in [5.41, 5.74) is 0. The van der Waals surface area contributed by atoms with Gasteiger partial charge >= 0.3 is 0 Å². The Bertz CT molecular complexity index is 213. The highest BCUT2D eigenvalue weighted by atomic mass is 16.5. The molecule has 0 spiro atoms. The molecule has 0 radical (unpaired) electrons. The molecule has 108 valence electrons. The second-order valence-electron chi connectivity index (χ2n) is 6.32. The number of rotatable bonds is 8. The minimum absolute atomic E-state index is 0.199. The summed E-state index contributed by atoms with van der Waals surface area (Å²) in [6, 6.07) is 0.682. The molecule has 1 unspecified atom stereocenters. The van der Waals surface area contributed by atoms with Crippen LogP contribution in [-0.2, 0) is 4.74 Å². The molecule has 0 bridgehead atoms. The molecule has 1 atom stereocenters. The van der Waals surface area contributed by atoms with E-state index < -0.39 is 0 Å². The van der Waals surface area contributed by atoms with Crippen LogP contribution in [0.15, 0.2) is 0 Å². The van der Waals surface area contributed by atoms with E-state index in [1.165, 1.54) is 25.7 Å². The van der Waals surface area contributed by atoms with Gasteiger partial charge < -0.3 is 9.84 Å². The lowest BCUT2D eigenvalue weighted by Crippen LogP contribution is -2.42. The monoisotopic (exact) mass is 257 g/mol. The highest BCUT2D eigenvalue weighted by Gasteiger charge is 2.24. The summed E-state index contributed by atoms with van der Waals surface area (Å²) in [4.78, 5) is 2.48. The quantitative estimate of drug-likeness (QED) is 0.725. The second-order valence-corrected chi connectivity index (χ2v) is 6.32. The minimum atomic E-state index is -0.355. The van der Waals surface area contributed by atoms with Crippen molar-refractivity contribution in [3.05, 3.63) is 0 Å². The second kappa shape index (κ2) is 8.13. The summed E-state index contributed by atoms with van der Waals surface area (Å²) in [6.07, 6.45) is 5.13. The highest BCUT2D eigenvalue weighted by molar-refractivity contribution is 4.79. The lowest BCUT2D eigenvalue weighted by molar-refractivity contribution is -0.0156. The molecule has 0 aromatic carbocycles. The van der Waals surface area contributed by atoms with Crippen molar-refractivity contribution in [2.75, 3.05) is 19.7 Å². The van der Waals surface area contributed by atoms with Gasteiger partial charge in [-0.15, -0.1) is 0 Å².